The van der Waals surface area contributed by atoms with Crippen LogP contribution in [0.5, 0.6) is 5.75 Å². The Hall–Kier alpha value is -3.42. The van der Waals surface area contributed by atoms with Gasteiger partial charge in [-0.25, -0.2) is 4.98 Å². The Kier molecular flexibility index (Phi) is 4.02. The van der Waals surface area contributed by atoms with E-state index in [2.05, 4.69) is 19.9 Å². The van der Waals surface area contributed by atoms with Gasteiger partial charge < -0.3 is 9.30 Å². The molecule has 2 aromatic heterocycles. The minimum atomic E-state index is -4.72. The van der Waals surface area contributed by atoms with Crippen LogP contribution < -0.4 is 4.74 Å². The maximum atomic E-state index is 12.3. The summed E-state index contributed by atoms with van der Waals surface area (Å²) < 4.78 is 42.8. The summed E-state index contributed by atoms with van der Waals surface area (Å²) in [5, 5.41) is 10.3. The summed E-state index contributed by atoms with van der Waals surface area (Å²) in [5.41, 5.74) is 1.85. The van der Waals surface area contributed by atoms with Crippen LogP contribution in [0, 0.1) is 0 Å². The molecule has 0 saturated heterocycles. The highest BCUT2D eigenvalue weighted by molar-refractivity contribution is 6.00. The molecule has 0 N–H and O–H groups in total. The maximum Gasteiger partial charge on any atom is 0.573 e. The van der Waals surface area contributed by atoms with E-state index in [1.54, 1.807) is 6.20 Å². The second-order valence-electron chi connectivity index (χ2n) is 5.88. The molecule has 0 aliphatic carbocycles. The Morgan fingerprint density at radius 1 is 0.889 bits per heavy atom. The largest absolute Gasteiger partial charge is 0.573 e. The Morgan fingerprint density at radius 2 is 1.52 bits per heavy atom. The number of hydrogen-bond acceptors (Lipinski definition) is 4. The lowest BCUT2D eigenvalue weighted by molar-refractivity contribution is -0.274. The van der Waals surface area contributed by atoms with Gasteiger partial charge in [0.2, 0.25) is 0 Å². The summed E-state index contributed by atoms with van der Waals surface area (Å²) in [5.74, 6) is 0.396. The molecule has 27 heavy (non-hydrogen) atoms. The average Bonchev–Trinajstić information content (AvgIpc) is 3.06. The first-order chi connectivity index (χ1) is 12.9. The third-order valence-corrected chi connectivity index (χ3v) is 4.08. The SMILES string of the molecule is Cn1ccnc1-c1nnc(-c2ccc(OC(F)(F)F)cc2)c2ccccc12. The lowest BCUT2D eigenvalue weighted by atomic mass is 10.0. The average molecular weight is 370 g/mol. The molecule has 136 valence electrons. The molecule has 8 heteroatoms. The number of aryl methyl sites for hydroxylation is 1. The quantitative estimate of drug-likeness (QED) is 0.529. The first kappa shape index (κ1) is 17.0. The molecule has 2 heterocycles. The Labute approximate surface area is 152 Å². The summed E-state index contributed by atoms with van der Waals surface area (Å²) in [4.78, 5) is 4.32. The fourth-order valence-corrected chi connectivity index (χ4v) is 2.89. The molecular weight excluding hydrogens is 357 g/mol. The zero-order valence-electron chi connectivity index (χ0n) is 14.1. The van der Waals surface area contributed by atoms with Crippen molar-refractivity contribution in [1.82, 2.24) is 19.7 Å². The summed E-state index contributed by atoms with van der Waals surface area (Å²) in [6.07, 6.45) is -1.23. The molecule has 0 fully saturated rings. The van der Waals surface area contributed by atoms with Crippen LogP contribution in [0.3, 0.4) is 0 Å². The van der Waals surface area contributed by atoms with Gasteiger partial charge >= 0.3 is 6.36 Å². The number of alkyl halides is 3. The normalized spacial score (nSPS) is 11.7. The van der Waals surface area contributed by atoms with E-state index >= 15 is 0 Å². The molecule has 2 aromatic carbocycles. The standard InChI is InChI=1S/C19H13F3N4O/c1-26-11-10-23-18(26)17-15-5-3-2-4-14(15)16(24-25-17)12-6-8-13(9-7-12)27-19(20,21)22/h2-11H,1H3. The Balaban J connectivity index is 1.81. The second-order valence-corrected chi connectivity index (χ2v) is 5.88. The molecule has 0 aliphatic rings. The van der Waals surface area contributed by atoms with Crippen LogP contribution in [0.25, 0.3) is 33.5 Å². The number of aromatic nitrogens is 4. The lowest BCUT2D eigenvalue weighted by Crippen LogP contribution is -2.16. The molecule has 0 atom stereocenters. The van der Waals surface area contributed by atoms with Crippen LogP contribution in [-0.4, -0.2) is 26.1 Å². The van der Waals surface area contributed by atoms with Crippen LogP contribution in [0.2, 0.25) is 0 Å². The molecule has 5 nitrogen and oxygen atoms in total. The number of hydrogen-bond donors (Lipinski definition) is 0. The van der Waals surface area contributed by atoms with Gasteiger partial charge in [0.1, 0.15) is 17.1 Å². The number of halogens is 3. The summed E-state index contributed by atoms with van der Waals surface area (Å²) in [7, 11) is 1.87. The second kappa shape index (κ2) is 6.39. The van der Waals surface area contributed by atoms with Gasteiger partial charge in [0, 0.05) is 35.8 Å². The molecule has 0 radical (unpaired) electrons. The first-order valence-electron chi connectivity index (χ1n) is 8.02. The topological polar surface area (TPSA) is 52.8 Å². The van der Waals surface area contributed by atoms with Crippen LogP contribution in [0.1, 0.15) is 0 Å². The van der Waals surface area contributed by atoms with Crippen molar-refractivity contribution in [2.75, 3.05) is 0 Å². The van der Waals surface area contributed by atoms with E-state index in [1.807, 2.05) is 42.1 Å². The van der Waals surface area contributed by atoms with E-state index in [9.17, 15) is 13.2 Å². The minimum Gasteiger partial charge on any atom is -0.406 e. The zero-order chi connectivity index (χ0) is 19.0. The molecule has 0 spiro atoms. The molecule has 0 unspecified atom stereocenters. The fraction of sp³-hybridized carbons (Fsp3) is 0.105. The van der Waals surface area contributed by atoms with Crippen molar-refractivity contribution in [2.24, 2.45) is 7.05 Å². The van der Waals surface area contributed by atoms with Gasteiger partial charge in [0.25, 0.3) is 0 Å². The van der Waals surface area contributed by atoms with E-state index in [1.165, 1.54) is 24.3 Å². The van der Waals surface area contributed by atoms with Gasteiger partial charge in [-0.05, 0) is 24.3 Å². The van der Waals surface area contributed by atoms with Crippen molar-refractivity contribution >= 4 is 10.8 Å². The van der Waals surface area contributed by atoms with E-state index in [-0.39, 0.29) is 5.75 Å². The predicted molar refractivity (Wildman–Crippen MR) is 93.9 cm³/mol. The van der Waals surface area contributed by atoms with Crippen LogP contribution in [-0.2, 0) is 7.05 Å². The van der Waals surface area contributed by atoms with Gasteiger partial charge in [-0.2, -0.15) is 0 Å². The highest BCUT2D eigenvalue weighted by Crippen LogP contribution is 2.32. The minimum absolute atomic E-state index is 0.284. The summed E-state index contributed by atoms with van der Waals surface area (Å²) in [6, 6.07) is 13.1. The van der Waals surface area contributed by atoms with Crippen LogP contribution in [0.15, 0.2) is 60.9 Å². The Morgan fingerprint density at radius 3 is 2.11 bits per heavy atom. The number of imidazole rings is 1. The number of nitrogens with zero attached hydrogens (tertiary/aromatic N) is 4. The van der Waals surface area contributed by atoms with Crippen molar-refractivity contribution in [1.29, 1.82) is 0 Å². The van der Waals surface area contributed by atoms with Crippen molar-refractivity contribution in [3.63, 3.8) is 0 Å². The van der Waals surface area contributed by atoms with E-state index in [0.29, 0.717) is 22.8 Å². The summed E-state index contributed by atoms with van der Waals surface area (Å²) in [6.45, 7) is 0. The Bertz CT molecular complexity index is 1100. The van der Waals surface area contributed by atoms with Crippen molar-refractivity contribution < 1.29 is 17.9 Å². The third-order valence-electron chi connectivity index (χ3n) is 4.08. The number of fused-ring (bicyclic) bond motifs is 1. The van der Waals surface area contributed by atoms with E-state index in [0.717, 1.165) is 10.8 Å². The fourth-order valence-electron chi connectivity index (χ4n) is 2.89. The van der Waals surface area contributed by atoms with Gasteiger partial charge in [0.15, 0.2) is 5.82 Å². The molecule has 0 aliphatic heterocycles. The van der Waals surface area contributed by atoms with Gasteiger partial charge in [0.05, 0.1) is 0 Å². The number of rotatable bonds is 3. The first-order valence-corrected chi connectivity index (χ1v) is 8.02. The van der Waals surface area contributed by atoms with Crippen molar-refractivity contribution in [3.8, 4) is 28.5 Å². The predicted octanol–water partition coefficient (Wildman–Crippen LogP) is 4.60. The molecule has 0 saturated carbocycles. The van der Waals surface area contributed by atoms with E-state index < -0.39 is 6.36 Å². The van der Waals surface area contributed by atoms with Crippen LogP contribution in [0.4, 0.5) is 13.2 Å². The van der Waals surface area contributed by atoms with Crippen molar-refractivity contribution in [2.45, 2.75) is 6.36 Å². The molecule has 0 bridgehead atoms. The third kappa shape index (κ3) is 3.33. The monoisotopic (exact) mass is 370 g/mol. The molecule has 4 rings (SSSR count). The molecule has 4 aromatic rings. The molecular formula is C19H13F3N4O. The van der Waals surface area contributed by atoms with Crippen molar-refractivity contribution in [3.05, 3.63) is 60.9 Å². The number of ether oxygens (including phenoxy) is 1. The summed E-state index contributed by atoms with van der Waals surface area (Å²) >= 11 is 0. The highest BCUT2D eigenvalue weighted by Gasteiger charge is 2.31. The van der Waals surface area contributed by atoms with Gasteiger partial charge in [-0.3, -0.25) is 0 Å². The van der Waals surface area contributed by atoms with E-state index in [4.69, 9.17) is 0 Å². The lowest BCUT2D eigenvalue weighted by Gasteiger charge is -2.11. The smallest absolute Gasteiger partial charge is 0.406 e. The number of benzene rings is 2. The van der Waals surface area contributed by atoms with Crippen LogP contribution >= 0.6 is 0 Å². The zero-order valence-corrected chi connectivity index (χ0v) is 14.1. The van der Waals surface area contributed by atoms with Gasteiger partial charge in [-0.1, -0.05) is 24.3 Å². The molecule has 0 amide bonds. The maximum absolute atomic E-state index is 12.3. The van der Waals surface area contributed by atoms with Gasteiger partial charge in [-0.15, -0.1) is 23.4 Å². The highest BCUT2D eigenvalue weighted by atomic mass is 19.4.